The molecule has 0 aromatic heterocycles. The van der Waals surface area contributed by atoms with Gasteiger partial charge in [-0.15, -0.1) is 0 Å². The second kappa shape index (κ2) is 8.84. The Morgan fingerprint density at radius 3 is 2.68 bits per heavy atom. The van der Waals surface area contributed by atoms with Crippen LogP contribution in [0.25, 0.3) is 0 Å². The van der Waals surface area contributed by atoms with Crippen LogP contribution in [-0.2, 0) is 0 Å². The summed E-state index contributed by atoms with van der Waals surface area (Å²) in [6.07, 6.45) is 1.03. The molecule has 1 atom stereocenters. The lowest BCUT2D eigenvalue weighted by molar-refractivity contribution is -0.384. The van der Waals surface area contributed by atoms with Gasteiger partial charge in [0.05, 0.1) is 10.5 Å². The fraction of sp³-hybridized carbons (Fsp3) is 0.381. The third kappa shape index (κ3) is 4.86. The molecular weight excluding hydrogens is 358 g/mol. The fourth-order valence-corrected chi connectivity index (χ4v) is 3.34. The molecular formula is C21H25N3O4. The topological polar surface area (TPSA) is 84.7 Å². The van der Waals surface area contributed by atoms with E-state index in [4.69, 9.17) is 4.74 Å². The van der Waals surface area contributed by atoms with Crippen molar-refractivity contribution in [3.8, 4) is 11.5 Å². The molecule has 1 aliphatic rings. The highest BCUT2D eigenvalue weighted by Crippen LogP contribution is 2.29. The minimum Gasteiger partial charge on any atom is -0.457 e. The van der Waals surface area contributed by atoms with Gasteiger partial charge in [-0.1, -0.05) is 18.2 Å². The number of amides is 1. The molecule has 2 aromatic carbocycles. The number of hydrogen-bond acceptors (Lipinski definition) is 5. The fourth-order valence-electron chi connectivity index (χ4n) is 3.34. The summed E-state index contributed by atoms with van der Waals surface area (Å²) in [7, 11) is 0. The van der Waals surface area contributed by atoms with Gasteiger partial charge in [0.2, 0.25) is 0 Å². The number of nitro groups is 1. The summed E-state index contributed by atoms with van der Waals surface area (Å²) >= 11 is 0. The van der Waals surface area contributed by atoms with E-state index in [0.29, 0.717) is 30.0 Å². The molecule has 1 N–H and O–H groups in total. The van der Waals surface area contributed by atoms with E-state index >= 15 is 0 Å². The number of hydrogen-bond donors (Lipinski definition) is 1. The number of likely N-dealkylation sites (tertiary alicyclic amines) is 1. The van der Waals surface area contributed by atoms with Crippen LogP contribution >= 0.6 is 0 Å². The molecule has 1 saturated heterocycles. The summed E-state index contributed by atoms with van der Waals surface area (Å²) in [5, 5.41) is 14.1. The van der Waals surface area contributed by atoms with E-state index in [2.05, 4.69) is 24.1 Å². The summed E-state index contributed by atoms with van der Waals surface area (Å²) in [5.41, 5.74) is 0.0224. The predicted octanol–water partition coefficient (Wildman–Crippen LogP) is 3.85. The molecule has 1 heterocycles. The molecule has 1 fully saturated rings. The number of nitrogens with one attached hydrogen (secondary N) is 1. The van der Waals surface area contributed by atoms with Crippen LogP contribution in [0.2, 0.25) is 0 Å². The van der Waals surface area contributed by atoms with Crippen LogP contribution in [0.4, 0.5) is 5.69 Å². The van der Waals surface area contributed by atoms with Crippen LogP contribution in [0, 0.1) is 16.0 Å². The number of nitro benzene ring substituents is 1. The molecule has 1 unspecified atom stereocenters. The smallest absolute Gasteiger partial charge is 0.270 e. The lowest BCUT2D eigenvalue weighted by atomic mass is 10.1. The van der Waals surface area contributed by atoms with Crippen LogP contribution in [0.3, 0.4) is 0 Å². The molecule has 1 aliphatic heterocycles. The lowest BCUT2D eigenvalue weighted by Crippen LogP contribution is -2.33. The largest absolute Gasteiger partial charge is 0.457 e. The van der Waals surface area contributed by atoms with Crippen LogP contribution in [-0.4, -0.2) is 41.4 Å². The van der Waals surface area contributed by atoms with Crippen molar-refractivity contribution in [3.05, 3.63) is 64.2 Å². The van der Waals surface area contributed by atoms with Gasteiger partial charge in [-0.05, 0) is 50.9 Å². The molecule has 7 nitrogen and oxygen atoms in total. The van der Waals surface area contributed by atoms with Gasteiger partial charge in [0.25, 0.3) is 11.6 Å². The number of rotatable bonds is 7. The van der Waals surface area contributed by atoms with Gasteiger partial charge >= 0.3 is 0 Å². The predicted molar refractivity (Wildman–Crippen MR) is 107 cm³/mol. The van der Waals surface area contributed by atoms with E-state index in [1.54, 1.807) is 12.1 Å². The van der Waals surface area contributed by atoms with Crippen LogP contribution in [0.15, 0.2) is 48.5 Å². The van der Waals surface area contributed by atoms with Crippen molar-refractivity contribution >= 4 is 11.6 Å². The van der Waals surface area contributed by atoms with Crippen molar-refractivity contribution < 1.29 is 14.5 Å². The van der Waals surface area contributed by atoms with Gasteiger partial charge in [0.15, 0.2) is 0 Å². The Bertz CT molecular complexity index is 839. The standard InChI is InChI=1S/C21H25N3O4/c1-15(2)23-11-10-16(14-23)13-22-21(25)19-12-17(24(26)27)8-9-20(19)28-18-6-4-3-5-7-18/h3-9,12,15-16H,10-11,13-14H2,1-2H3,(H,22,25). The molecule has 3 rings (SSSR count). The Kier molecular flexibility index (Phi) is 6.26. The summed E-state index contributed by atoms with van der Waals surface area (Å²) in [6, 6.07) is 13.6. The first-order chi connectivity index (χ1) is 13.4. The van der Waals surface area contributed by atoms with Crippen molar-refractivity contribution in [2.24, 2.45) is 5.92 Å². The number of carbonyl (C=O) groups is 1. The molecule has 0 radical (unpaired) electrons. The monoisotopic (exact) mass is 383 g/mol. The number of non-ortho nitro benzene ring substituents is 1. The van der Waals surface area contributed by atoms with Crippen molar-refractivity contribution in [1.82, 2.24) is 10.2 Å². The van der Waals surface area contributed by atoms with Crippen LogP contribution in [0.1, 0.15) is 30.6 Å². The van der Waals surface area contributed by atoms with E-state index in [0.717, 1.165) is 19.5 Å². The Morgan fingerprint density at radius 2 is 2.04 bits per heavy atom. The Morgan fingerprint density at radius 1 is 1.29 bits per heavy atom. The second-order valence-electron chi connectivity index (χ2n) is 7.31. The van der Waals surface area contributed by atoms with Gasteiger partial charge in [0.1, 0.15) is 11.5 Å². The van der Waals surface area contributed by atoms with Gasteiger partial charge in [-0.25, -0.2) is 0 Å². The molecule has 7 heteroatoms. The van der Waals surface area contributed by atoms with Crippen molar-refractivity contribution in [2.45, 2.75) is 26.3 Å². The van der Waals surface area contributed by atoms with E-state index in [1.807, 2.05) is 18.2 Å². The van der Waals surface area contributed by atoms with E-state index < -0.39 is 4.92 Å². The maximum atomic E-state index is 12.8. The Hall–Kier alpha value is -2.93. The van der Waals surface area contributed by atoms with Crippen molar-refractivity contribution in [2.75, 3.05) is 19.6 Å². The van der Waals surface area contributed by atoms with Crippen LogP contribution < -0.4 is 10.1 Å². The maximum absolute atomic E-state index is 12.8. The first-order valence-electron chi connectivity index (χ1n) is 9.47. The Labute approximate surface area is 164 Å². The summed E-state index contributed by atoms with van der Waals surface area (Å²) in [4.78, 5) is 25.8. The molecule has 0 saturated carbocycles. The summed E-state index contributed by atoms with van der Waals surface area (Å²) in [6.45, 7) is 6.83. The molecule has 148 valence electrons. The van der Waals surface area contributed by atoms with Crippen molar-refractivity contribution in [3.63, 3.8) is 0 Å². The number of carbonyl (C=O) groups excluding carboxylic acids is 1. The summed E-state index contributed by atoms with van der Waals surface area (Å²) in [5.74, 6) is 0.875. The second-order valence-corrected chi connectivity index (χ2v) is 7.31. The number of ether oxygens (including phenoxy) is 1. The molecule has 2 aromatic rings. The van der Waals surface area contributed by atoms with E-state index in [1.165, 1.54) is 18.2 Å². The van der Waals surface area contributed by atoms with Crippen molar-refractivity contribution in [1.29, 1.82) is 0 Å². The zero-order valence-corrected chi connectivity index (χ0v) is 16.1. The van der Waals surface area contributed by atoms with Gasteiger partial charge in [0, 0.05) is 31.3 Å². The third-order valence-electron chi connectivity index (χ3n) is 4.99. The average molecular weight is 383 g/mol. The number of benzene rings is 2. The van der Waals surface area contributed by atoms with Gasteiger partial charge in [-0.3, -0.25) is 14.9 Å². The average Bonchev–Trinajstić information content (AvgIpc) is 3.16. The van der Waals surface area contributed by atoms with Crippen LogP contribution in [0.5, 0.6) is 11.5 Å². The molecule has 1 amide bonds. The molecule has 0 bridgehead atoms. The minimum absolute atomic E-state index is 0.141. The first kappa shape index (κ1) is 19.8. The molecule has 0 spiro atoms. The zero-order chi connectivity index (χ0) is 20.1. The third-order valence-corrected chi connectivity index (χ3v) is 4.99. The van der Waals surface area contributed by atoms with Gasteiger partial charge < -0.3 is 15.0 Å². The first-order valence-corrected chi connectivity index (χ1v) is 9.47. The minimum atomic E-state index is -0.513. The quantitative estimate of drug-likeness (QED) is 0.580. The van der Waals surface area contributed by atoms with Gasteiger partial charge in [-0.2, -0.15) is 0 Å². The Balaban J connectivity index is 1.73. The van der Waals surface area contributed by atoms with E-state index in [9.17, 15) is 14.9 Å². The highest BCUT2D eigenvalue weighted by molar-refractivity contribution is 5.97. The number of nitrogens with zero attached hydrogens (tertiary/aromatic N) is 2. The SMILES string of the molecule is CC(C)N1CCC(CNC(=O)c2cc([N+](=O)[O-])ccc2Oc2ccccc2)C1. The maximum Gasteiger partial charge on any atom is 0.270 e. The highest BCUT2D eigenvalue weighted by atomic mass is 16.6. The summed E-state index contributed by atoms with van der Waals surface area (Å²) < 4.78 is 5.79. The van der Waals surface area contributed by atoms with E-state index in [-0.39, 0.29) is 17.2 Å². The highest BCUT2D eigenvalue weighted by Gasteiger charge is 2.25. The molecule has 0 aliphatic carbocycles. The lowest BCUT2D eigenvalue weighted by Gasteiger charge is -2.20. The number of para-hydroxylation sites is 1. The molecule has 28 heavy (non-hydrogen) atoms. The normalized spacial score (nSPS) is 16.9. The zero-order valence-electron chi connectivity index (χ0n) is 16.1.